The molecule has 11 heteroatoms. The van der Waals surface area contributed by atoms with Crippen molar-refractivity contribution in [2.45, 2.75) is 45.8 Å². The van der Waals surface area contributed by atoms with Crippen LogP contribution in [0.2, 0.25) is 0 Å². The molecule has 10 nitrogen and oxygen atoms in total. The average Bonchev–Trinajstić information content (AvgIpc) is 2.68. The van der Waals surface area contributed by atoms with Crippen LogP contribution in [0.3, 0.4) is 0 Å². The molecule has 1 aliphatic heterocycles. The summed E-state index contributed by atoms with van der Waals surface area (Å²) in [5.74, 6) is -1.16. The van der Waals surface area contributed by atoms with Crippen LogP contribution in [0.4, 0.5) is 9.18 Å². The largest absolute Gasteiger partial charge is 0.491 e. The van der Waals surface area contributed by atoms with Gasteiger partial charge in [0, 0.05) is 25.9 Å². The average molecular weight is 454 g/mol. The smallest absolute Gasteiger partial charge is 0.410 e. The second-order valence-corrected chi connectivity index (χ2v) is 8.35. The molecule has 0 aliphatic carbocycles. The maximum absolute atomic E-state index is 13.9. The van der Waals surface area contributed by atoms with Gasteiger partial charge in [-0.15, -0.1) is 0 Å². The van der Waals surface area contributed by atoms with Crippen molar-refractivity contribution in [3.8, 4) is 5.75 Å². The molecule has 0 aromatic heterocycles. The number of carboxylic acid groups (broad SMARTS) is 1. The van der Waals surface area contributed by atoms with Crippen LogP contribution >= 0.6 is 0 Å². The molecule has 1 aromatic rings. The third kappa shape index (κ3) is 7.27. The molecule has 3 N–H and O–H groups in total. The van der Waals surface area contributed by atoms with E-state index in [4.69, 9.17) is 19.3 Å². The van der Waals surface area contributed by atoms with Crippen LogP contribution in [0.15, 0.2) is 30.1 Å². The first kappa shape index (κ1) is 25.2. The Morgan fingerprint density at radius 3 is 2.62 bits per heavy atom. The molecule has 2 atom stereocenters. The number of hydrazine groups is 1. The van der Waals surface area contributed by atoms with Gasteiger partial charge in [0.15, 0.2) is 5.70 Å². The van der Waals surface area contributed by atoms with E-state index in [1.54, 1.807) is 41.8 Å². The number of hydrogen-bond acceptors (Lipinski definition) is 8. The van der Waals surface area contributed by atoms with Gasteiger partial charge in [0.1, 0.15) is 23.8 Å². The van der Waals surface area contributed by atoms with E-state index in [1.807, 2.05) is 0 Å². The third-order valence-corrected chi connectivity index (χ3v) is 4.40. The highest BCUT2D eigenvalue weighted by atomic mass is 19.1. The van der Waals surface area contributed by atoms with Crippen LogP contribution in [0.5, 0.6) is 5.75 Å². The minimum Gasteiger partial charge on any atom is -0.491 e. The van der Waals surface area contributed by atoms with E-state index >= 15 is 0 Å². The first-order valence-corrected chi connectivity index (χ1v) is 10.1. The van der Waals surface area contributed by atoms with E-state index in [2.05, 4.69) is 10.9 Å². The van der Waals surface area contributed by atoms with Crippen molar-refractivity contribution in [3.63, 3.8) is 0 Å². The van der Waals surface area contributed by atoms with Crippen molar-refractivity contribution in [2.75, 3.05) is 27.2 Å². The van der Waals surface area contributed by atoms with E-state index in [-0.39, 0.29) is 18.8 Å². The van der Waals surface area contributed by atoms with Gasteiger partial charge >= 0.3 is 12.1 Å². The van der Waals surface area contributed by atoms with Crippen molar-refractivity contribution in [3.05, 3.63) is 41.5 Å². The molecule has 2 rings (SSSR count). The number of aliphatic carboxylic acids is 1. The molecular weight excluding hydrogens is 423 g/mol. The van der Waals surface area contributed by atoms with Gasteiger partial charge in [-0.1, -0.05) is 0 Å². The van der Waals surface area contributed by atoms with E-state index in [0.29, 0.717) is 11.3 Å². The predicted molar refractivity (Wildman–Crippen MR) is 114 cm³/mol. The number of hydrogen-bond donors (Lipinski definition) is 3. The highest BCUT2D eigenvalue weighted by molar-refractivity contribution is 5.85. The zero-order valence-corrected chi connectivity index (χ0v) is 19.1. The van der Waals surface area contributed by atoms with Crippen molar-refractivity contribution >= 4 is 12.1 Å². The Labute approximate surface area is 186 Å². The maximum Gasteiger partial charge on any atom is 0.410 e. The van der Waals surface area contributed by atoms with Gasteiger partial charge in [0.05, 0.1) is 12.6 Å². The second kappa shape index (κ2) is 10.5. The summed E-state index contributed by atoms with van der Waals surface area (Å²) in [5.41, 5.74) is 5.11. The Morgan fingerprint density at radius 1 is 1.34 bits per heavy atom. The van der Waals surface area contributed by atoms with Gasteiger partial charge in [0.25, 0.3) is 0 Å². The van der Waals surface area contributed by atoms with E-state index in [0.717, 1.165) is 0 Å². The number of carboxylic acids is 1. The van der Waals surface area contributed by atoms with Crippen LogP contribution in [0, 0.1) is 5.82 Å². The van der Waals surface area contributed by atoms with Crippen molar-refractivity contribution in [1.29, 1.82) is 0 Å². The molecule has 1 amide bonds. The van der Waals surface area contributed by atoms with E-state index in [1.165, 1.54) is 34.2 Å². The third-order valence-electron chi connectivity index (χ3n) is 4.40. The summed E-state index contributed by atoms with van der Waals surface area (Å²) in [6.45, 7) is 7.51. The molecule has 1 heterocycles. The number of benzene rings is 1. The van der Waals surface area contributed by atoms with Crippen LogP contribution in [0.1, 0.15) is 39.4 Å². The molecule has 0 saturated carbocycles. The molecular formula is C21H31FN4O6. The minimum atomic E-state index is -1.12. The molecule has 0 saturated heterocycles. The van der Waals surface area contributed by atoms with Crippen LogP contribution in [0.25, 0.3) is 0 Å². The molecule has 0 fully saturated rings. The van der Waals surface area contributed by atoms with Crippen LogP contribution in [-0.2, 0) is 14.3 Å². The van der Waals surface area contributed by atoms with Crippen molar-refractivity contribution in [1.82, 2.24) is 20.7 Å². The molecule has 1 aliphatic rings. The Bertz CT molecular complexity index is 857. The summed E-state index contributed by atoms with van der Waals surface area (Å²) in [6.07, 6.45) is -0.399. The molecule has 0 bridgehead atoms. The van der Waals surface area contributed by atoms with Gasteiger partial charge in [-0.25, -0.2) is 14.0 Å². The Kier molecular flexibility index (Phi) is 8.28. The van der Waals surface area contributed by atoms with Crippen molar-refractivity contribution in [2.24, 2.45) is 0 Å². The topological polar surface area (TPSA) is 113 Å². The Hall–Kier alpha value is -3.05. The zero-order valence-electron chi connectivity index (χ0n) is 19.1. The lowest BCUT2D eigenvalue weighted by molar-refractivity contribution is -0.136. The summed E-state index contributed by atoms with van der Waals surface area (Å²) < 4.78 is 30.9. The first-order chi connectivity index (χ1) is 14.9. The molecule has 0 spiro atoms. The summed E-state index contributed by atoms with van der Waals surface area (Å²) in [4.78, 5) is 26.0. The number of carbonyl (C=O) groups excluding carboxylic acids is 1. The lowest BCUT2D eigenvalue weighted by Gasteiger charge is -2.34. The summed E-state index contributed by atoms with van der Waals surface area (Å²) in [5, 5.41) is 9.05. The number of rotatable bonds is 8. The van der Waals surface area contributed by atoms with Crippen LogP contribution < -0.4 is 15.6 Å². The van der Waals surface area contributed by atoms with E-state index < -0.39 is 35.9 Å². The van der Waals surface area contributed by atoms with E-state index in [9.17, 15) is 14.0 Å². The fraction of sp³-hybridized carbons (Fsp3) is 0.524. The summed E-state index contributed by atoms with van der Waals surface area (Å²) in [6, 6.07) is 4.08. The number of nitrogens with one attached hydrogen (secondary N) is 2. The number of nitrogens with zero attached hydrogens (tertiary/aromatic N) is 2. The first-order valence-electron chi connectivity index (χ1n) is 10.1. The predicted octanol–water partition coefficient (Wildman–Crippen LogP) is 2.40. The zero-order chi connectivity index (χ0) is 24.1. The number of likely N-dealkylation sites (N-methyl/N-ethyl adjacent to an activating group) is 1. The number of halogens is 1. The second-order valence-electron chi connectivity index (χ2n) is 8.35. The maximum atomic E-state index is 13.9. The SMILES string of the molecule is CC(OC1NNC(C(=O)O)=CN1C)c1cc(F)ccc1OCCN(C)C(=O)OC(C)(C)C. The quantitative estimate of drug-likeness (QED) is 0.545. The van der Waals surface area contributed by atoms with Gasteiger partial charge < -0.3 is 34.5 Å². The number of ether oxygens (including phenoxy) is 3. The minimum absolute atomic E-state index is 0.0381. The lowest BCUT2D eigenvalue weighted by Crippen LogP contribution is -2.54. The van der Waals surface area contributed by atoms with Crippen LogP contribution in [-0.4, -0.2) is 66.2 Å². The number of carbonyl (C=O) groups is 2. The highest BCUT2D eigenvalue weighted by Gasteiger charge is 2.25. The van der Waals surface area contributed by atoms with Gasteiger partial charge in [0.2, 0.25) is 6.35 Å². The highest BCUT2D eigenvalue weighted by Crippen LogP contribution is 2.30. The number of amides is 1. The fourth-order valence-corrected chi connectivity index (χ4v) is 2.74. The fourth-order valence-electron chi connectivity index (χ4n) is 2.74. The molecule has 2 unspecified atom stereocenters. The lowest BCUT2D eigenvalue weighted by atomic mass is 10.1. The Balaban J connectivity index is 2.00. The molecule has 178 valence electrons. The normalized spacial score (nSPS) is 17.2. The monoisotopic (exact) mass is 454 g/mol. The molecule has 1 aromatic carbocycles. The summed E-state index contributed by atoms with van der Waals surface area (Å²) >= 11 is 0. The van der Waals surface area contributed by atoms with Crippen molar-refractivity contribution < 1.29 is 33.3 Å². The molecule has 0 radical (unpaired) electrons. The summed E-state index contributed by atoms with van der Waals surface area (Å²) in [7, 11) is 3.24. The standard InChI is InChI=1S/C21H31FN4O6/c1-13(31-19-24-23-16(18(27)28)12-26(19)6)15-11-14(22)7-8-17(15)30-10-9-25(5)20(29)32-21(2,3)4/h7-8,11-13,19,23-24H,9-10H2,1-6H3,(H,27,28). The van der Waals surface area contributed by atoms with Gasteiger partial charge in [-0.3, -0.25) is 0 Å². The Morgan fingerprint density at radius 2 is 2.03 bits per heavy atom. The molecule has 32 heavy (non-hydrogen) atoms. The van der Waals surface area contributed by atoms with Gasteiger partial charge in [-0.2, -0.15) is 5.43 Å². The van der Waals surface area contributed by atoms with Gasteiger partial charge in [-0.05, 0) is 45.9 Å².